The Bertz CT molecular complexity index is 1300. The zero-order chi connectivity index (χ0) is 24.5. The fourth-order valence-electron chi connectivity index (χ4n) is 6.88. The molecule has 0 spiro atoms. The first-order chi connectivity index (χ1) is 17.7. The lowest BCUT2D eigenvalue weighted by Crippen LogP contribution is -2.18. The number of ether oxygens (including phenoxy) is 1. The fraction of sp³-hybridized carbons (Fsp3) is 0.312. The van der Waals surface area contributed by atoms with Gasteiger partial charge in [0.25, 0.3) is 5.69 Å². The van der Waals surface area contributed by atoms with Crippen molar-refractivity contribution < 1.29 is 9.66 Å². The number of rotatable bonds is 7. The summed E-state index contributed by atoms with van der Waals surface area (Å²) in [5, 5.41) is 11.0. The van der Waals surface area contributed by atoms with Gasteiger partial charge >= 0.3 is 0 Å². The highest BCUT2D eigenvalue weighted by molar-refractivity contribution is 5.72. The number of allylic oxidation sites excluding steroid dienone is 3. The molecule has 0 saturated heterocycles. The van der Waals surface area contributed by atoms with Crippen LogP contribution in [-0.4, -0.2) is 4.92 Å². The van der Waals surface area contributed by atoms with Crippen molar-refractivity contribution >= 4 is 11.3 Å². The van der Waals surface area contributed by atoms with Gasteiger partial charge in [-0.05, 0) is 72.4 Å². The molecule has 182 valence electrons. The molecule has 6 rings (SSSR count). The standard InChI is InChI=1S/C32H31NO3/c34-33(35)27-18-15-23(16-19-27)22-36-31-21-26(17-20-28(31)24-9-3-1-4-10-24)32(25-11-5-2-6-12-25)29-13-7-8-14-30(29)32/h1-6,9-12,15-16,18-19,21,29-30H,7-8,13-14,17,20,22H2/t29-,30+,32?. The molecule has 0 N–H and O–H groups in total. The van der Waals surface area contributed by atoms with Crippen molar-refractivity contribution in [3.63, 3.8) is 0 Å². The maximum absolute atomic E-state index is 11.0. The lowest BCUT2D eigenvalue weighted by atomic mass is 9.77. The van der Waals surface area contributed by atoms with Crippen molar-refractivity contribution in [1.29, 1.82) is 0 Å². The van der Waals surface area contributed by atoms with Gasteiger partial charge in [-0.3, -0.25) is 10.1 Å². The summed E-state index contributed by atoms with van der Waals surface area (Å²) in [6.07, 6.45) is 9.64. The zero-order valence-corrected chi connectivity index (χ0v) is 20.4. The molecule has 0 bridgehead atoms. The van der Waals surface area contributed by atoms with Gasteiger partial charge in [0.2, 0.25) is 0 Å². The molecule has 3 aliphatic rings. The Morgan fingerprint density at radius 1 is 0.833 bits per heavy atom. The Kier molecular flexibility index (Phi) is 5.96. The van der Waals surface area contributed by atoms with Gasteiger partial charge in [0.1, 0.15) is 12.4 Å². The summed E-state index contributed by atoms with van der Waals surface area (Å²) in [7, 11) is 0. The predicted octanol–water partition coefficient (Wildman–Crippen LogP) is 8.00. The number of nitro groups is 1. The Hall–Kier alpha value is -3.66. The number of nitrogens with zero attached hydrogens (tertiary/aromatic N) is 1. The number of fused-ring (bicyclic) bond motifs is 1. The monoisotopic (exact) mass is 477 g/mol. The smallest absolute Gasteiger partial charge is 0.269 e. The molecule has 0 heterocycles. The third-order valence-electron chi connectivity index (χ3n) is 8.52. The molecule has 3 aliphatic carbocycles. The third-order valence-corrected chi connectivity index (χ3v) is 8.52. The van der Waals surface area contributed by atoms with Crippen LogP contribution in [-0.2, 0) is 16.8 Å². The van der Waals surface area contributed by atoms with Crippen molar-refractivity contribution in [3.8, 4) is 0 Å². The quantitative estimate of drug-likeness (QED) is 0.256. The van der Waals surface area contributed by atoms with Crippen molar-refractivity contribution in [3.05, 3.63) is 129 Å². The summed E-state index contributed by atoms with van der Waals surface area (Å²) < 4.78 is 6.51. The molecule has 0 radical (unpaired) electrons. The van der Waals surface area contributed by atoms with Crippen LogP contribution in [0.1, 0.15) is 55.2 Å². The van der Waals surface area contributed by atoms with Crippen LogP contribution in [0.5, 0.6) is 0 Å². The zero-order valence-electron chi connectivity index (χ0n) is 20.4. The average molecular weight is 478 g/mol. The van der Waals surface area contributed by atoms with Crippen LogP contribution in [0.4, 0.5) is 5.69 Å². The maximum Gasteiger partial charge on any atom is 0.269 e. The second-order valence-electron chi connectivity index (χ2n) is 10.3. The van der Waals surface area contributed by atoms with Crippen LogP contribution in [0.15, 0.2) is 102 Å². The van der Waals surface area contributed by atoms with Gasteiger partial charge in [0.05, 0.1) is 4.92 Å². The lowest BCUT2D eigenvalue weighted by Gasteiger charge is -2.28. The van der Waals surface area contributed by atoms with Crippen LogP contribution in [0.2, 0.25) is 0 Å². The molecule has 3 aromatic carbocycles. The second kappa shape index (κ2) is 9.42. The van der Waals surface area contributed by atoms with Gasteiger partial charge in [-0.15, -0.1) is 0 Å². The minimum Gasteiger partial charge on any atom is -0.489 e. The van der Waals surface area contributed by atoms with Crippen molar-refractivity contribution in [2.24, 2.45) is 11.8 Å². The van der Waals surface area contributed by atoms with E-state index in [2.05, 4.69) is 60.7 Å². The van der Waals surface area contributed by atoms with Crippen molar-refractivity contribution in [1.82, 2.24) is 0 Å². The van der Waals surface area contributed by atoms with Gasteiger partial charge in [0, 0.05) is 23.1 Å². The second-order valence-corrected chi connectivity index (χ2v) is 10.3. The molecule has 1 unspecified atom stereocenters. The number of nitro benzene ring substituents is 1. The Balaban J connectivity index is 1.37. The van der Waals surface area contributed by atoms with E-state index in [0.29, 0.717) is 6.61 Å². The number of hydrogen-bond donors (Lipinski definition) is 0. The van der Waals surface area contributed by atoms with E-state index in [-0.39, 0.29) is 16.0 Å². The topological polar surface area (TPSA) is 52.4 Å². The van der Waals surface area contributed by atoms with E-state index in [9.17, 15) is 10.1 Å². The van der Waals surface area contributed by atoms with Crippen molar-refractivity contribution in [2.45, 2.75) is 50.5 Å². The van der Waals surface area contributed by atoms with E-state index in [1.165, 1.54) is 48.0 Å². The minimum absolute atomic E-state index is 0.101. The normalized spacial score (nSPS) is 25.1. The maximum atomic E-state index is 11.0. The van der Waals surface area contributed by atoms with E-state index in [1.54, 1.807) is 24.3 Å². The highest BCUT2D eigenvalue weighted by atomic mass is 16.6. The Morgan fingerprint density at radius 3 is 2.11 bits per heavy atom. The minimum atomic E-state index is -0.366. The van der Waals surface area contributed by atoms with Crippen LogP contribution in [0.25, 0.3) is 5.57 Å². The van der Waals surface area contributed by atoms with E-state index < -0.39 is 0 Å². The van der Waals surface area contributed by atoms with Crippen LogP contribution in [0.3, 0.4) is 0 Å². The summed E-state index contributed by atoms with van der Waals surface area (Å²) in [6.45, 7) is 0.388. The first-order valence-electron chi connectivity index (χ1n) is 13.1. The molecule has 2 saturated carbocycles. The first kappa shape index (κ1) is 22.8. The number of benzene rings is 3. The van der Waals surface area contributed by atoms with E-state index >= 15 is 0 Å². The Morgan fingerprint density at radius 2 is 1.47 bits per heavy atom. The highest BCUT2D eigenvalue weighted by Crippen LogP contribution is 2.70. The molecule has 36 heavy (non-hydrogen) atoms. The van der Waals surface area contributed by atoms with Crippen LogP contribution >= 0.6 is 0 Å². The summed E-state index contributed by atoms with van der Waals surface area (Å²) in [5.41, 5.74) is 6.60. The number of non-ortho nitro benzene ring substituents is 1. The summed E-state index contributed by atoms with van der Waals surface area (Å²) >= 11 is 0. The van der Waals surface area contributed by atoms with Gasteiger partial charge in [-0.1, -0.05) is 79.1 Å². The third kappa shape index (κ3) is 3.95. The van der Waals surface area contributed by atoms with Gasteiger partial charge in [-0.25, -0.2) is 0 Å². The molecule has 3 aromatic rings. The molecule has 4 heteroatoms. The molecular weight excluding hydrogens is 446 g/mol. The summed E-state index contributed by atoms with van der Waals surface area (Å²) in [6, 6.07) is 28.3. The molecule has 3 atom stereocenters. The lowest BCUT2D eigenvalue weighted by molar-refractivity contribution is -0.384. The van der Waals surface area contributed by atoms with Gasteiger partial charge < -0.3 is 4.74 Å². The van der Waals surface area contributed by atoms with E-state index in [0.717, 1.165) is 36.0 Å². The largest absolute Gasteiger partial charge is 0.489 e. The molecule has 4 nitrogen and oxygen atoms in total. The molecule has 0 aliphatic heterocycles. The molecule has 2 fully saturated rings. The summed E-state index contributed by atoms with van der Waals surface area (Å²) in [5.74, 6) is 2.41. The van der Waals surface area contributed by atoms with Crippen molar-refractivity contribution in [2.75, 3.05) is 0 Å². The average Bonchev–Trinajstić information content (AvgIpc) is 3.63. The van der Waals surface area contributed by atoms with E-state index in [4.69, 9.17) is 4.74 Å². The predicted molar refractivity (Wildman–Crippen MR) is 142 cm³/mol. The summed E-state index contributed by atoms with van der Waals surface area (Å²) in [4.78, 5) is 10.7. The SMILES string of the molecule is O=[N+]([O-])c1ccc(COC2=C(c3ccccc3)CCC(C3(c4ccccc4)[C@@H]4CCCC[C@@H]43)=C2)cc1. The van der Waals surface area contributed by atoms with Gasteiger partial charge in [-0.2, -0.15) is 0 Å². The van der Waals surface area contributed by atoms with Gasteiger partial charge in [0.15, 0.2) is 0 Å². The van der Waals surface area contributed by atoms with E-state index in [1.807, 2.05) is 6.07 Å². The first-order valence-corrected chi connectivity index (χ1v) is 13.1. The highest BCUT2D eigenvalue weighted by Gasteiger charge is 2.66. The number of hydrogen-bond acceptors (Lipinski definition) is 3. The molecule has 0 aromatic heterocycles. The van der Waals surface area contributed by atoms with Crippen LogP contribution < -0.4 is 0 Å². The molecule has 0 amide bonds. The Labute approximate surface area is 212 Å². The molecular formula is C32H31NO3. The van der Waals surface area contributed by atoms with Crippen LogP contribution in [0, 0.1) is 22.0 Å². The fourth-order valence-corrected chi connectivity index (χ4v) is 6.88.